The van der Waals surface area contributed by atoms with Gasteiger partial charge in [0.05, 0.1) is 23.8 Å². The lowest BCUT2D eigenvalue weighted by Crippen LogP contribution is -2.50. The Morgan fingerprint density at radius 1 is 1.57 bits per heavy atom. The zero-order chi connectivity index (χ0) is 15.4. The van der Waals surface area contributed by atoms with E-state index in [4.69, 9.17) is 5.26 Å². The molecule has 5 heteroatoms. The molecule has 2 N–H and O–H groups in total. The molecule has 0 spiro atoms. The van der Waals surface area contributed by atoms with Crippen LogP contribution in [0, 0.1) is 17.2 Å². The zero-order valence-corrected chi connectivity index (χ0v) is 12.4. The van der Waals surface area contributed by atoms with Crippen molar-refractivity contribution in [2.75, 3.05) is 18.4 Å². The van der Waals surface area contributed by atoms with Crippen LogP contribution in [-0.4, -0.2) is 41.1 Å². The average molecular weight is 287 g/mol. The Kier molecular flexibility index (Phi) is 4.94. The molecule has 0 bridgehead atoms. The summed E-state index contributed by atoms with van der Waals surface area (Å²) in [5.41, 5.74) is 1.14. The van der Waals surface area contributed by atoms with Crippen molar-refractivity contribution < 1.29 is 9.90 Å². The Bertz CT molecular complexity index is 553. The lowest BCUT2D eigenvalue weighted by Gasteiger charge is -2.37. The normalized spacial score (nSPS) is 24.1. The Balaban J connectivity index is 1.98. The maximum Gasteiger partial charge on any atom is 0.241 e. The Hall–Kier alpha value is -1.90. The standard InChI is InChI=1S/C16H21N3O2/c1-11-6-7-19(10-15(11)20)12(2)16(21)18-14-5-3-4-13(8-14)9-17/h3-5,8,11-12,15,20H,6-7,10H2,1-2H3,(H,18,21). The topological polar surface area (TPSA) is 76.4 Å². The van der Waals surface area contributed by atoms with Gasteiger partial charge in [-0.25, -0.2) is 0 Å². The van der Waals surface area contributed by atoms with Crippen molar-refractivity contribution in [3.05, 3.63) is 29.8 Å². The molecule has 1 heterocycles. The minimum Gasteiger partial charge on any atom is -0.392 e. The monoisotopic (exact) mass is 287 g/mol. The summed E-state index contributed by atoms with van der Waals surface area (Å²) in [6, 6.07) is 8.59. The van der Waals surface area contributed by atoms with Gasteiger partial charge >= 0.3 is 0 Å². The molecular weight excluding hydrogens is 266 g/mol. The number of hydrogen-bond acceptors (Lipinski definition) is 4. The minimum atomic E-state index is -0.379. The van der Waals surface area contributed by atoms with Gasteiger partial charge < -0.3 is 10.4 Å². The molecule has 3 unspecified atom stereocenters. The van der Waals surface area contributed by atoms with Gasteiger partial charge in [-0.15, -0.1) is 0 Å². The highest BCUT2D eigenvalue weighted by molar-refractivity contribution is 5.94. The summed E-state index contributed by atoms with van der Waals surface area (Å²) in [5, 5.41) is 21.6. The van der Waals surface area contributed by atoms with E-state index in [1.807, 2.05) is 24.8 Å². The first-order valence-corrected chi connectivity index (χ1v) is 7.24. The number of amides is 1. The number of benzene rings is 1. The molecule has 0 aliphatic carbocycles. The fraction of sp³-hybridized carbons (Fsp3) is 0.500. The second-order valence-electron chi connectivity index (χ2n) is 5.69. The number of anilines is 1. The smallest absolute Gasteiger partial charge is 0.241 e. The van der Waals surface area contributed by atoms with Gasteiger partial charge in [0.25, 0.3) is 0 Å². The number of carbonyl (C=O) groups is 1. The molecule has 0 aromatic heterocycles. The van der Waals surface area contributed by atoms with Crippen molar-refractivity contribution in [2.45, 2.75) is 32.4 Å². The van der Waals surface area contributed by atoms with Gasteiger partial charge in [-0.05, 0) is 44.0 Å². The third-order valence-electron chi connectivity index (χ3n) is 4.14. The maximum atomic E-state index is 12.3. The van der Waals surface area contributed by atoms with Gasteiger partial charge in [0.2, 0.25) is 5.91 Å². The van der Waals surface area contributed by atoms with Crippen LogP contribution in [0.5, 0.6) is 0 Å². The molecule has 112 valence electrons. The number of β-amino-alcohol motifs (C(OH)–C–C–N with tert-alkyl or cyclic N) is 1. The van der Waals surface area contributed by atoms with E-state index in [9.17, 15) is 9.90 Å². The highest BCUT2D eigenvalue weighted by atomic mass is 16.3. The molecule has 1 amide bonds. The molecule has 1 aromatic carbocycles. The van der Waals surface area contributed by atoms with Gasteiger partial charge in [-0.1, -0.05) is 13.0 Å². The Morgan fingerprint density at radius 3 is 3.00 bits per heavy atom. The summed E-state index contributed by atoms with van der Waals surface area (Å²) in [7, 11) is 0. The average Bonchev–Trinajstić information content (AvgIpc) is 2.49. The SMILES string of the molecule is CC1CCN(C(C)C(=O)Nc2cccc(C#N)c2)CC1O. The van der Waals surface area contributed by atoms with E-state index in [0.717, 1.165) is 13.0 Å². The van der Waals surface area contributed by atoms with Crippen LogP contribution in [0.1, 0.15) is 25.8 Å². The number of nitriles is 1. The quantitative estimate of drug-likeness (QED) is 0.885. The van der Waals surface area contributed by atoms with Crippen LogP contribution < -0.4 is 5.32 Å². The second-order valence-corrected chi connectivity index (χ2v) is 5.69. The van der Waals surface area contributed by atoms with Gasteiger partial charge in [-0.2, -0.15) is 5.26 Å². The molecule has 0 radical (unpaired) electrons. The van der Waals surface area contributed by atoms with E-state index in [2.05, 4.69) is 5.32 Å². The third-order valence-corrected chi connectivity index (χ3v) is 4.14. The number of nitrogens with one attached hydrogen (secondary N) is 1. The summed E-state index contributed by atoms with van der Waals surface area (Å²) >= 11 is 0. The van der Waals surface area contributed by atoms with Crippen molar-refractivity contribution >= 4 is 11.6 Å². The number of likely N-dealkylation sites (tertiary alicyclic amines) is 1. The predicted molar refractivity (Wildman–Crippen MR) is 80.6 cm³/mol. The summed E-state index contributed by atoms with van der Waals surface area (Å²) in [6.07, 6.45) is 0.513. The molecule has 1 aliphatic heterocycles. The molecule has 1 aliphatic rings. The highest BCUT2D eigenvalue weighted by Gasteiger charge is 2.30. The van der Waals surface area contributed by atoms with Crippen LogP contribution in [0.4, 0.5) is 5.69 Å². The summed E-state index contributed by atoms with van der Waals surface area (Å²) in [4.78, 5) is 14.3. The van der Waals surface area contributed by atoms with Crippen molar-refractivity contribution in [3.63, 3.8) is 0 Å². The largest absolute Gasteiger partial charge is 0.392 e. The van der Waals surface area contributed by atoms with Gasteiger partial charge in [0, 0.05) is 12.2 Å². The number of aliphatic hydroxyl groups excluding tert-OH is 1. The third kappa shape index (κ3) is 3.81. The van der Waals surface area contributed by atoms with Crippen LogP contribution >= 0.6 is 0 Å². The second kappa shape index (κ2) is 6.70. The number of aliphatic hydroxyl groups is 1. The number of hydrogen-bond donors (Lipinski definition) is 2. The molecule has 3 atom stereocenters. The van der Waals surface area contributed by atoms with Crippen molar-refractivity contribution in [1.29, 1.82) is 5.26 Å². The van der Waals surface area contributed by atoms with Crippen molar-refractivity contribution in [2.24, 2.45) is 5.92 Å². The summed E-state index contributed by atoms with van der Waals surface area (Å²) in [5.74, 6) is 0.163. The van der Waals surface area contributed by atoms with Crippen LogP contribution in [0.25, 0.3) is 0 Å². The molecule has 5 nitrogen and oxygen atoms in total. The predicted octanol–water partition coefficient (Wildman–Crippen LogP) is 1.59. The van der Waals surface area contributed by atoms with E-state index in [1.54, 1.807) is 24.3 Å². The highest BCUT2D eigenvalue weighted by Crippen LogP contribution is 2.19. The molecule has 0 saturated carbocycles. The Labute approximate surface area is 125 Å². The van der Waals surface area contributed by atoms with Gasteiger partial charge in [0.15, 0.2) is 0 Å². The number of rotatable bonds is 3. The first-order valence-electron chi connectivity index (χ1n) is 7.24. The van der Waals surface area contributed by atoms with Crippen LogP contribution in [0.15, 0.2) is 24.3 Å². The molecule has 1 saturated heterocycles. The number of piperidine rings is 1. The first kappa shape index (κ1) is 15.5. The van der Waals surface area contributed by atoms with E-state index >= 15 is 0 Å². The van der Waals surface area contributed by atoms with Crippen molar-refractivity contribution in [1.82, 2.24) is 4.90 Å². The van der Waals surface area contributed by atoms with Crippen LogP contribution in [0.3, 0.4) is 0 Å². The fourth-order valence-electron chi connectivity index (χ4n) is 2.50. The van der Waals surface area contributed by atoms with E-state index < -0.39 is 0 Å². The van der Waals surface area contributed by atoms with E-state index in [1.165, 1.54) is 0 Å². The van der Waals surface area contributed by atoms with E-state index in [-0.39, 0.29) is 24.0 Å². The van der Waals surface area contributed by atoms with Gasteiger partial charge in [-0.3, -0.25) is 9.69 Å². The van der Waals surface area contributed by atoms with E-state index in [0.29, 0.717) is 17.8 Å². The lowest BCUT2D eigenvalue weighted by atomic mass is 9.95. The minimum absolute atomic E-state index is 0.119. The van der Waals surface area contributed by atoms with Crippen LogP contribution in [0.2, 0.25) is 0 Å². The van der Waals surface area contributed by atoms with Crippen LogP contribution in [-0.2, 0) is 4.79 Å². The number of nitrogens with zero attached hydrogens (tertiary/aromatic N) is 2. The fourth-order valence-corrected chi connectivity index (χ4v) is 2.50. The first-order chi connectivity index (χ1) is 10.0. The Morgan fingerprint density at radius 2 is 2.33 bits per heavy atom. The lowest BCUT2D eigenvalue weighted by molar-refractivity contribution is -0.122. The zero-order valence-electron chi connectivity index (χ0n) is 12.4. The summed E-state index contributed by atoms with van der Waals surface area (Å²) < 4.78 is 0. The number of carbonyl (C=O) groups excluding carboxylic acids is 1. The molecule has 21 heavy (non-hydrogen) atoms. The van der Waals surface area contributed by atoms with Gasteiger partial charge in [0.1, 0.15) is 0 Å². The van der Waals surface area contributed by atoms with Crippen molar-refractivity contribution in [3.8, 4) is 6.07 Å². The molecular formula is C16H21N3O2. The molecule has 1 fully saturated rings. The summed E-state index contributed by atoms with van der Waals surface area (Å²) in [6.45, 7) is 5.20. The maximum absolute atomic E-state index is 12.3. The molecule has 1 aromatic rings. The molecule has 2 rings (SSSR count).